The highest BCUT2D eigenvalue weighted by atomic mass is 127. The maximum absolute atomic E-state index is 11.5. The van der Waals surface area contributed by atoms with Gasteiger partial charge in [0.05, 0.1) is 6.61 Å². The molecule has 1 amide bonds. The fourth-order valence-corrected chi connectivity index (χ4v) is 1.52. The van der Waals surface area contributed by atoms with E-state index in [-0.39, 0.29) is 36.4 Å². The number of hydrogen-bond donors (Lipinski definition) is 3. The van der Waals surface area contributed by atoms with Crippen LogP contribution in [0.25, 0.3) is 0 Å². The van der Waals surface area contributed by atoms with Crippen LogP contribution in [-0.2, 0) is 9.53 Å². The van der Waals surface area contributed by atoms with E-state index in [0.29, 0.717) is 31.1 Å². The molecule has 0 aromatic carbocycles. The van der Waals surface area contributed by atoms with E-state index in [1.54, 1.807) is 7.11 Å². The monoisotopic (exact) mass is 384 g/mol. The molecule has 1 aliphatic rings. The molecule has 112 valence electrons. The van der Waals surface area contributed by atoms with Gasteiger partial charge < -0.3 is 20.7 Å². The molecule has 1 saturated carbocycles. The van der Waals surface area contributed by atoms with Crippen LogP contribution in [0.15, 0.2) is 4.99 Å². The smallest absolute Gasteiger partial charge is 0.241 e. The number of ether oxygens (including phenoxy) is 1. The highest BCUT2D eigenvalue weighted by molar-refractivity contribution is 14.0. The highest BCUT2D eigenvalue weighted by Gasteiger charge is 2.33. The summed E-state index contributed by atoms with van der Waals surface area (Å²) in [5.74, 6) is 1.33. The molecule has 1 fully saturated rings. The minimum atomic E-state index is -0.0897. The summed E-state index contributed by atoms with van der Waals surface area (Å²) in [6, 6.07) is 0.499. The van der Waals surface area contributed by atoms with Gasteiger partial charge in [-0.3, -0.25) is 4.79 Å². The number of carbonyl (C=O) groups is 1. The predicted octanol–water partition coefficient (Wildman–Crippen LogP) is 0.331. The lowest BCUT2D eigenvalue weighted by atomic mass is 10.5. The zero-order valence-corrected chi connectivity index (χ0v) is 14.2. The summed E-state index contributed by atoms with van der Waals surface area (Å²) in [6.07, 6.45) is 1.17. The Kier molecular flexibility index (Phi) is 9.94. The van der Waals surface area contributed by atoms with E-state index in [1.165, 1.54) is 6.42 Å². The number of carbonyl (C=O) groups excluding carboxylic acids is 1. The van der Waals surface area contributed by atoms with E-state index < -0.39 is 0 Å². The van der Waals surface area contributed by atoms with Crippen LogP contribution < -0.4 is 16.0 Å². The van der Waals surface area contributed by atoms with E-state index in [2.05, 4.69) is 27.9 Å². The molecule has 2 unspecified atom stereocenters. The fraction of sp³-hybridized carbons (Fsp3) is 0.833. The number of rotatable bonds is 7. The Morgan fingerprint density at radius 1 is 1.42 bits per heavy atom. The van der Waals surface area contributed by atoms with Crippen LogP contribution in [0, 0.1) is 5.92 Å². The molecule has 6 nitrogen and oxygen atoms in total. The summed E-state index contributed by atoms with van der Waals surface area (Å²) in [6.45, 7) is 6.17. The first kappa shape index (κ1) is 18.4. The van der Waals surface area contributed by atoms with Crippen LogP contribution in [0.1, 0.15) is 20.3 Å². The first-order valence-corrected chi connectivity index (χ1v) is 6.47. The van der Waals surface area contributed by atoms with Gasteiger partial charge in [0.15, 0.2) is 5.96 Å². The lowest BCUT2D eigenvalue weighted by molar-refractivity contribution is -0.119. The molecule has 3 N–H and O–H groups in total. The van der Waals surface area contributed by atoms with E-state index in [0.717, 1.165) is 6.54 Å². The zero-order chi connectivity index (χ0) is 13.4. The molecule has 0 radical (unpaired) electrons. The lowest BCUT2D eigenvalue weighted by Gasteiger charge is -2.10. The summed E-state index contributed by atoms with van der Waals surface area (Å²) in [5.41, 5.74) is 0. The Bertz CT molecular complexity index is 299. The molecule has 1 aliphatic carbocycles. The minimum Gasteiger partial charge on any atom is -0.383 e. The molecule has 0 spiro atoms. The van der Waals surface area contributed by atoms with Gasteiger partial charge in [0.2, 0.25) is 5.91 Å². The van der Waals surface area contributed by atoms with Crippen LogP contribution in [0.4, 0.5) is 0 Å². The van der Waals surface area contributed by atoms with Crippen molar-refractivity contribution in [2.24, 2.45) is 10.9 Å². The molecule has 0 aliphatic heterocycles. The maximum atomic E-state index is 11.5. The van der Waals surface area contributed by atoms with E-state index >= 15 is 0 Å². The summed E-state index contributed by atoms with van der Waals surface area (Å²) in [7, 11) is 1.61. The highest BCUT2D eigenvalue weighted by Crippen LogP contribution is 2.28. The molecule has 0 aromatic heterocycles. The minimum absolute atomic E-state index is 0. The van der Waals surface area contributed by atoms with Gasteiger partial charge in [0.1, 0.15) is 6.54 Å². The summed E-state index contributed by atoms with van der Waals surface area (Å²) in [5, 5.41) is 9.16. The molecule has 0 heterocycles. The van der Waals surface area contributed by atoms with Crippen molar-refractivity contribution >= 4 is 35.8 Å². The fourth-order valence-electron chi connectivity index (χ4n) is 1.52. The van der Waals surface area contributed by atoms with Gasteiger partial charge in [0.25, 0.3) is 0 Å². The van der Waals surface area contributed by atoms with Crippen molar-refractivity contribution < 1.29 is 9.53 Å². The van der Waals surface area contributed by atoms with Crippen molar-refractivity contribution in [3.05, 3.63) is 0 Å². The van der Waals surface area contributed by atoms with Crippen molar-refractivity contribution in [2.75, 3.05) is 33.4 Å². The number of nitrogens with one attached hydrogen (secondary N) is 3. The molecule has 0 aromatic rings. The van der Waals surface area contributed by atoms with Crippen LogP contribution >= 0.6 is 24.0 Å². The topological polar surface area (TPSA) is 74.8 Å². The van der Waals surface area contributed by atoms with Crippen LogP contribution in [0.3, 0.4) is 0 Å². The lowest BCUT2D eigenvalue weighted by Crippen LogP contribution is -2.40. The van der Waals surface area contributed by atoms with Crippen molar-refractivity contribution in [1.82, 2.24) is 16.0 Å². The van der Waals surface area contributed by atoms with E-state index in [1.807, 2.05) is 6.92 Å². The molecule has 7 heteroatoms. The first-order chi connectivity index (χ1) is 8.67. The van der Waals surface area contributed by atoms with E-state index in [4.69, 9.17) is 4.74 Å². The Hall–Kier alpha value is -0.570. The van der Waals surface area contributed by atoms with Crippen molar-refractivity contribution in [3.63, 3.8) is 0 Å². The summed E-state index contributed by atoms with van der Waals surface area (Å²) in [4.78, 5) is 15.7. The number of halogens is 1. The van der Waals surface area contributed by atoms with Gasteiger partial charge in [-0.2, -0.15) is 0 Å². The van der Waals surface area contributed by atoms with Gasteiger partial charge in [-0.15, -0.1) is 24.0 Å². The number of hydrogen-bond acceptors (Lipinski definition) is 3. The third-order valence-electron chi connectivity index (χ3n) is 2.78. The molecule has 0 bridgehead atoms. The van der Waals surface area contributed by atoms with Gasteiger partial charge >= 0.3 is 0 Å². The average molecular weight is 384 g/mol. The van der Waals surface area contributed by atoms with Gasteiger partial charge in [0, 0.05) is 26.2 Å². The summed E-state index contributed by atoms with van der Waals surface area (Å²) >= 11 is 0. The average Bonchev–Trinajstić information content (AvgIpc) is 3.02. The van der Waals surface area contributed by atoms with Gasteiger partial charge in [-0.05, 0) is 19.3 Å². The van der Waals surface area contributed by atoms with Gasteiger partial charge in [-0.1, -0.05) is 6.92 Å². The normalized spacial score (nSPS) is 21.3. The molecule has 2 atom stereocenters. The third kappa shape index (κ3) is 8.25. The second-order valence-electron chi connectivity index (χ2n) is 4.50. The van der Waals surface area contributed by atoms with Crippen molar-refractivity contribution in [3.8, 4) is 0 Å². The number of nitrogens with zero attached hydrogens (tertiary/aromatic N) is 1. The van der Waals surface area contributed by atoms with Crippen molar-refractivity contribution in [2.45, 2.75) is 26.3 Å². The number of methoxy groups -OCH3 is 1. The summed E-state index contributed by atoms with van der Waals surface area (Å²) < 4.78 is 4.85. The Balaban J connectivity index is 0.00000324. The maximum Gasteiger partial charge on any atom is 0.241 e. The van der Waals surface area contributed by atoms with Gasteiger partial charge in [-0.25, -0.2) is 4.99 Å². The second kappa shape index (κ2) is 10.2. The number of guanidine groups is 1. The van der Waals surface area contributed by atoms with Crippen LogP contribution in [-0.4, -0.2) is 51.3 Å². The molecular weight excluding hydrogens is 359 g/mol. The molecule has 0 saturated heterocycles. The van der Waals surface area contributed by atoms with Crippen LogP contribution in [0.5, 0.6) is 0 Å². The molecule has 19 heavy (non-hydrogen) atoms. The first-order valence-electron chi connectivity index (χ1n) is 6.47. The van der Waals surface area contributed by atoms with Crippen molar-refractivity contribution in [1.29, 1.82) is 0 Å². The van der Waals surface area contributed by atoms with Crippen LogP contribution in [0.2, 0.25) is 0 Å². The predicted molar refractivity (Wildman–Crippen MR) is 87.0 cm³/mol. The van der Waals surface area contributed by atoms with E-state index in [9.17, 15) is 4.79 Å². The number of aliphatic imine (C=N–C) groups is 1. The third-order valence-corrected chi connectivity index (χ3v) is 2.78. The molecule has 1 rings (SSSR count). The SMILES string of the molecule is CCNC(=NCC(=O)NCCOC)NC1CC1C.I. The second-order valence-corrected chi connectivity index (χ2v) is 4.50. The quantitative estimate of drug-likeness (QED) is 0.256. The largest absolute Gasteiger partial charge is 0.383 e. The Morgan fingerprint density at radius 2 is 2.11 bits per heavy atom. The standard InChI is InChI=1S/C12H24N4O2.HI/c1-4-13-12(16-10-7-9(10)2)15-8-11(17)14-5-6-18-3;/h9-10H,4-8H2,1-3H3,(H,14,17)(H2,13,15,16);1H. The Morgan fingerprint density at radius 3 is 2.63 bits per heavy atom. The molecular formula is C12H25IN4O2. The Labute approximate surface area is 132 Å². The zero-order valence-electron chi connectivity index (χ0n) is 11.9. The number of amides is 1.